The molecule has 1 fully saturated rings. The van der Waals surface area contributed by atoms with Crippen molar-refractivity contribution >= 4 is 21.8 Å². The number of nitro benzene ring substituents is 1. The van der Waals surface area contributed by atoms with Crippen LogP contribution in [0.25, 0.3) is 0 Å². The molecule has 0 aromatic heterocycles. The van der Waals surface area contributed by atoms with E-state index in [9.17, 15) is 40.9 Å². The van der Waals surface area contributed by atoms with Gasteiger partial charge in [0, 0.05) is 19.2 Å². The average molecular weight is 584 g/mol. The molecule has 0 radical (unpaired) electrons. The number of rotatable bonds is 8. The fraction of sp³-hybridized carbons (Fsp3) is 0.240. The first-order chi connectivity index (χ1) is 18.8. The van der Waals surface area contributed by atoms with Gasteiger partial charge in [0.2, 0.25) is 15.8 Å². The largest absolute Gasteiger partial charge is 0.573 e. The van der Waals surface area contributed by atoms with Crippen molar-refractivity contribution in [3.8, 4) is 5.75 Å². The molecule has 1 aliphatic rings. The number of nitrogens with zero attached hydrogens (tertiary/aromatic N) is 2. The molecule has 1 saturated heterocycles. The normalized spacial score (nSPS) is 17.4. The summed E-state index contributed by atoms with van der Waals surface area (Å²) < 4.78 is 89.8. The van der Waals surface area contributed by atoms with Crippen LogP contribution in [0.4, 0.5) is 28.0 Å². The van der Waals surface area contributed by atoms with Gasteiger partial charge in [-0.3, -0.25) is 10.1 Å². The van der Waals surface area contributed by atoms with Crippen molar-refractivity contribution in [3.05, 3.63) is 99.9 Å². The number of alkyl halides is 3. The van der Waals surface area contributed by atoms with E-state index in [-0.39, 0.29) is 31.7 Å². The molecule has 15 heteroatoms. The van der Waals surface area contributed by atoms with Gasteiger partial charge in [-0.15, -0.1) is 13.2 Å². The molecule has 4 rings (SSSR count). The van der Waals surface area contributed by atoms with E-state index in [2.05, 4.69) is 9.46 Å². The Hall–Kier alpha value is -4.24. The number of ether oxygens (including phenoxy) is 2. The zero-order valence-corrected chi connectivity index (χ0v) is 21.2. The Bertz CT molecular complexity index is 1500. The first kappa shape index (κ1) is 28.8. The summed E-state index contributed by atoms with van der Waals surface area (Å²) in [7, 11) is -4.65. The molecule has 40 heavy (non-hydrogen) atoms. The number of hydrogen-bond donors (Lipinski definition) is 1. The van der Waals surface area contributed by atoms with E-state index in [1.165, 1.54) is 17.0 Å². The van der Waals surface area contributed by atoms with Gasteiger partial charge >= 0.3 is 18.1 Å². The maximum atomic E-state index is 13.7. The number of carbonyl (C=O) groups excluding carboxylic acids is 1. The van der Waals surface area contributed by atoms with Crippen LogP contribution >= 0.6 is 0 Å². The highest BCUT2D eigenvalue weighted by atomic mass is 32.2. The standard InChI is InChI=1S/C25H21F4N3O7S/c26-19-8-6-18(7-9-19)24(12-13-31(16-24)23(33)38-15-17-4-2-1-3-5-17)30-40(36,37)20-10-11-22(39-25(27,28)29)21(14-20)32(34)35/h1-11,14,30H,12-13,15-16H2. The second-order valence-electron chi connectivity index (χ2n) is 8.84. The summed E-state index contributed by atoms with van der Waals surface area (Å²) in [6.45, 7) is -0.254. The molecule has 0 saturated carbocycles. The third kappa shape index (κ3) is 6.66. The molecule has 1 atom stereocenters. The van der Waals surface area contributed by atoms with Crippen LogP contribution in [0.1, 0.15) is 17.5 Å². The van der Waals surface area contributed by atoms with Crippen molar-refractivity contribution in [1.82, 2.24) is 9.62 Å². The van der Waals surface area contributed by atoms with E-state index in [0.717, 1.165) is 23.8 Å². The van der Waals surface area contributed by atoms with Gasteiger partial charge in [-0.2, -0.15) is 4.72 Å². The Morgan fingerprint density at radius 3 is 2.38 bits per heavy atom. The smallest absolute Gasteiger partial charge is 0.445 e. The highest BCUT2D eigenvalue weighted by molar-refractivity contribution is 7.89. The quantitative estimate of drug-likeness (QED) is 0.228. The fourth-order valence-electron chi connectivity index (χ4n) is 4.26. The molecule has 1 amide bonds. The van der Waals surface area contributed by atoms with E-state index in [0.29, 0.717) is 12.1 Å². The Morgan fingerprint density at radius 1 is 1.07 bits per heavy atom. The number of nitro groups is 1. The van der Waals surface area contributed by atoms with Gasteiger partial charge in [-0.1, -0.05) is 42.5 Å². The molecule has 0 bridgehead atoms. The van der Waals surface area contributed by atoms with E-state index in [4.69, 9.17) is 4.74 Å². The van der Waals surface area contributed by atoms with Crippen LogP contribution in [0.2, 0.25) is 0 Å². The van der Waals surface area contributed by atoms with Crippen molar-refractivity contribution in [2.75, 3.05) is 13.1 Å². The molecule has 1 unspecified atom stereocenters. The minimum Gasteiger partial charge on any atom is -0.445 e. The fourth-order valence-corrected chi connectivity index (χ4v) is 5.69. The maximum absolute atomic E-state index is 13.7. The van der Waals surface area contributed by atoms with Gasteiger partial charge in [0.25, 0.3) is 0 Å². The van der Waals surface area contributed by atoms with Crippen LogP contribution in [-0.4, -0.2) is 43.8 Å². The predicted molar refractivity (Wildman–Crippen MR) is 131 cm³/mol. The summed E-state index contributed by atoms with van der Waals surface area (Å²) in [6, 6.07) is 15.3. The molecule has 0 spiro atoms. The molecule has 1 aliphatic heterocycles. The van der Waals surface area contributed by atoms with E-state index in [1.54, 1.807) is 30.3 Å². The summed E-state index contributed by atoms with van der Waals surface area (Å²) >= 11 is 0. The summed E-state index contributed by atoms with van der Waals surface area (Å²) in [5.74, 6) is -1.80. The average Bonchev–Trinajstić information content (AvgIpc) is 3.32. The van der Waals surface area contributed by atoms with Gasteiger partial charge < -0.3 is 14.4 Å². The van der Waals surface area contributed by atoms with Crippen LogP contribution in [0.15, 0.2) is 77.7 Å². The Morgan fingerprint density at radius 2 is 1.75 bits per heavy atom. The SMILES string of the molecule is O=C(OCc1ccccc1)N1CCC(NS(=O)(=O)c2ccc(OC(F)(F)F)c([N+](=O)[O-])c2)(c2ccc(F)cc2)C1. The Labute approximate surface area is 225 Å². The topological polar surface area (TPSA) is 128 Å². The highest BCUT2D eigenvalue weighted by Gasteiger charge is 2.45. The highest BCUT2D eigenvalue weighted by Crippen LogP contribution is 2.37. The lowest BCUT2D eigenvalue weighted by Gasteiger charge is -2.31. The van der Waals surface area contributed by atoms with Gasteiger partial charge in [0.15, 0.2) is 0 Å². The lowest BCUT2D eigenvalue weighted by atomic mass is 9.90. The molecule has 1 N–H and O–H groups in total. The van der Waals surface area contributed by atoms with Crippen LogP contribution in [0.5, 0.6) is 5.75 Å². The van der Waals surface area contributed by atoms with E-state index in [1.807, 2.05) is 0 Å². The zero-order chi connectivity index (χ0) is 29.1. The van der Waals surface area contributed by atoms with Crippen molar-refractivity contribution in [1.29, 1.82) is 0 Å². The van der Waals surface area contributed by atoms with Crippen molar-refractivity contribution < 1.29 is 45.2 Å². The van der Waals surface area contributed by atoms with Gasteiger partial charge in [-0.05, 0) is 41.8 Å². The third-order valence-electron chi connectivity index (χ3n) is 6.12. The second-order valence-corrected chi connectivity index (χ2v) is 10.5. The summed E-state index contributed by atoms with van der Waals surface area (Å²) in [5, 5.41) is 11.4. The number of benzene rings is 3. The minimum atomic E-state index is -5.25. The number of likely N-dealkylation sites (tertiary alicyclic amines) is 1. The van der Waals surface area contributed by atoms with Crippen molar-refractivity contribution in [3.63, 3.8) is 0 Å². The van der Waals surface area contributed by atoms with Crippen molar-refractivity contribution in [2.45, 2.75) is 29.8 Å². The summed E-state index contributed by atoms with van der Waals surface area (Å²) in [4.78, 5) is 23.5. The number of nitrogens with one attached hydrogen (secondary N) is 1. The van der Waals surface area contributed by atoms with Crippen molar-refractivity contribution in [2.24, 2.45) is 0 Å². The first-order valence-corrected chi connectivity index (χ1v) is 13.1. The summed E-state index contributed by atoms with van der Waals surface area (Å²) in [6.07, 6.45) is -5.98. The van der Waals surface area contributed by atoms with Gasteiger partial charge in [0.1, 0.15) is 12.4 Å². The number of halogens is 4. The molecule has 3 aromatic carbocycles. The molecule has 212 valence electrons. The van der Waals surface area contributed by atoms with Crippen LogP contribution in [-0.2, 0) is 26.9 Å². The van der Waals surface area contributed by atoms with Gasteiger partial charge in [-0.25, -0.2) is 17.6 Å². The third-order valence-corrected chi connectivity index (χ3v) is 7.66. The van der Waals surface area contributed by atoms with E-state index < -0.39 is 55.1 Å². The monoisotopic (exact) mass is 583 g/mol. The zero-order valence-electron chi connectivity index (χ0n) is 20.4. The Kier molecular flexibility index (Phi) is 7.98. The molecular weight excluding hydrogens is 562 g/mol. The molecule has 10 nitrogen and oxygen atoms in total. The number of hydrogen-bond acceptors (Lipinski definition) is 7. The second kappa shape index (κ2) is 11.1. The lowest BCUT2D eigenvalue weighted by molar-refractivity contribution is -0.388. The first-order valence-electron chi connectivity index (χ1n) is 11.6. The lowest BCUT2D eigenvalue weighted by Crippen LogP contribution is -2.48. The van der Waals surface area contributed by atoms with Gasteiger partial charge in [0.05, 0.1) is 15.4 Å². The molecular formula is C25H21F4N3O7S. The maximum Gasteiger partial charge on any atom is 0.573 e. The van der Waals surface area contributed by atoms with Crippen LogP contribution < -0.4 is 9.46 Å². The predicted octanol–water partition coefficient (Wildman–Crippen LogP) is 4.85. The molecule has 3 aromatic rings. The number of carbonyl (C=O) groups is 1. The van der Waals surface area contributed by atoms with Crippen LogP contribution in [0, 0.1) is 15.9 Å². The number of sulfonamides is 1. The molecule has 0 aliphatic carbocycles. The van der Waals surface area contributed by atoms with Crippen LogP contribution in [0.3, 0.4) is 0 Å². The molecule has 1 heterocycles. The Balaban J connectivity index is 1.63. The van der Waals surface area contributed by atoms with E-state index >= 15 is 0 Å². The number of amides is 1. The minimum absolute atomic E-state index is 0.00958. The summed E-state index contributed by atoms with van der Waals surface area (Å²) in [5.41, 5.74) is -1.75.